The summed E-state index contributed by atoms with van der Waals surface area (Å²) < 4.78 is 14.2. The van der Waals surface area contributed by atoms with Crippen LogP contribution in [0.2, 0.25) is 0 Å². The lowest BCUT2D eigenvalue weighted by Gasteiger charge is -1.79. The Hall–Kier alpha value is -3.48. The van der Waals surface area contributed by atoms with Gasteiger partial charge in [0.05, 0.1) is 6.20 Å². The average molecular weight is 308 g/mol. The van der Waals surface area contributed by atoms with Gasteiger partial charge in [-0.2, -0.15) is 0 Å². The zero-order valence-corrected chi connectivity index (χ0v) is 11.9. The summed E-state index contributed by atoms with van der Waals surface area (Å²) in [7, 11) is 0. The van der Waals surface area contributed by atoms with Crippen molar-refractivity contribution in [1.29, 1.82) is 0 Å². The zero-order chi connectivity index (χ0) is 15.7. The summed E-state index contributed by atoms with van der Waals surface area (Å²) in [6.07, 6.45) is 5.77. The van der Waals surface area contributed by atoms with Gasteiger partial charge in [0, 0.05) is 5.27 Å². The Morgan fingerprint density at radius 3 is 1.65 bits per heavy atom. The first-order chi connectivity index (χ1) is 11.4. The molecule has 0 spiro atoms. The van der Waals surface area contributed by atoms with Gasteiger partial charge in [0.15, 0.2) is 24.0 Å². The maximum Gasteiger partial charge on any atom is 0.181 e. The third-order valence-corrected chi connectivity index (χ3v) is 2.76. The Morgan fingerprint density at radius 2 is 1.26 bits per heavy atom. The van der Waals surface area contributed by atoms with E-state index >= 15 is 0 Å². The van der Waals surface area contributed by atoms with Crippen LogP contribution in [0.3, 0.4) is 0 Å². The van der Waals surface area contributed by atoms with E-state index < -0.39 is 0 Å². The van der Waals surface area contributed by atoms with Crippen LogP contribution in [0.5, 0.6) is 0 Å². The molecule has 3 aromatic heterocycles. The molecule has 0 fully saturated rings. The van der Waals surface area contributed by atoms with Crippen LogP contribution in [-0.4, -0.2) is 20.3 Å². The van der Waals surface area contributed by atoms with Gasteiger partial charge in [-0.15, -0.1) is 5.10 Å². The SMILES string of the molecule is c1ccc2ocnc2c1.c1ccc2ocnc2c1.c1conn1. The number of rotatable bonds is 0. The summed E-state index contributed by atoms with van der Waals surface area (Å²) in [4.78, 5) is 7.90. The van der Waals surface area contributed by atoms with E-state index in [9.17, 15) is 0 Å². The third kappa shape index (κ3) is 4.01. The molecule has 114 valence electrons. The van der Waals surface area contributed by atoms with E-state index in [0.717, 1.165) is 22.2 Å². The van der Waals surface area contributed by atoms with Crippen LogP contribution in [0.15, 0.2) is 87.1 Å². The predicted molar refractivity (Wildman–Crippen MR) is 82.3 cm³/mol. The summed E-state index contributed by atoms with van der Waals surface area (Å²) in [6.45, 7) is 0. The van der Waals surface area contributed by atoms with Gasteiger partial charge in [0.25, 0.3) is 0 Å². The van der Waals surface area contributed by atoms with E-state index in [0.29, 0.717) is 0 Å². The topological polar surface area (TPSA) is 91.0 Å². The molecule has 0 bridgehead atoms. The Morgan fingerprint density at radius 1 is 0.696 bits per heavy atom. The first-order valence-electron chi connectivity index (χ1n) is 6.71. The first kappa shape index (κ1) is 14.5. The van der Waals surface area contributed by atoms with E-state index in [4.69, 9.17) is 8.83 Å². The molecule has 5 aromatic rings. The first-order valence-corrected chi connectivity index (χ1v) is 6.71. The molecule has 0 saturated heterocycles. The zero-order valence-electron chi connectivity index (χ0n) is 11.9. The van der Waals surface area contributed by atoms with Crippen LogP contribution < -0.4 is 0 Å². The summed E-state index contributed by atoms with van der Waals surface area (Å²) >= 11 is 0. The molecule has 0 saturated carbocycles. The highest BCUT2D eigenvalue weighted by Gasteiger charge is 1.92. The largest absolute Gasteiger partial charge is 0.443 e. The van der Waals surface area contributed by atoms with Gasteiger partial charge < -0.3 is 13.4 Å². The van der Waals surface area contributed by atoms with Crippen molar-refractivity contribution in [2.45, 2.75) is 0 Å². The predicted octanol–water partition coefficient (Wildman–Crippen LogP) is 3.73. The number of benzene rings is 2. The number of para-hydroxylation sites is 4. The third-order valence-electron chi connectivity index (χ3n) is 2.76. The van der Waals surface area contributed by atoms with Crippen LogP contribution in [0, 0.1) is 0 Å². The van der Waals surface area contributed by atoms with Crippen LogP contribution in [0.4, 0.5) is 0 Å². The molecule has 0 atom stereocenters. The summed E-state index contributed by atoms with van der Waals surface area (Å²) in [5, 5.41) is 6.40. The number of nitrogens with zero attached hydrogens (tertiary/aromatic N) is 4. The lowest BCUT2D eigenvalue weighted by atomic mass is 10.3. The van der Waals surface area contributed by atoms with Gasteiger partial charge in [-0.1, -0.05) is 24.3 Å². The summed E-state index contributed by atoms with van der Waals surface area (Å²) in [6, 6.07) is 15.3. The van der Waals surface area contributed by atoms with E-state index in [1.165, 1.54) is 25.2 Å². The van der Waals surface area contributed by atoms with Crippen LogP contribution in [-0.2, 0) is 0 Å². The van der Waals surface area contributed by atoms with Crippen LogP contribution in [0.1, 0.15) is 0 Å². The fraction of sp³-hybridized carbons (Fsp3) is 0. The van der Waals surface area contributed by atoms with Crippen molar-refractivity contribution >= 4 is 22.2 Å². The molecule has 0 radical (unpaired) electrons. The number of hydrogen-bond donors (Lipinski definition) is 0. The molecule has 0 unspecified atom stereocenters. The van der Waals surface area contributed by atoms with Crippen molar-refractivity contribution in [3.63, 3.8) is 0 Å². The standard InChI is InChI=1S/2C7H5NO.C2H2N2O/c2*1-2-4-7-6(3-1)8-5-9-7;1-2-5-4-3-1/h2*1-5H;1-2H. The highest BCUT2D eigenvalue weighted by molar-refractivity contribution is 5.71. The summed E-state index contributed by atoms with van der Waals surface area (Å²) in [5.41, 5.74) is 3.52. The minimum absolute atomic E-state index is 0.845. The van der Waals surface area contributed by atoms with Crippen LogP contribution >= 0.6 is 0 Å². The average Bonchev–Trinajstić information content (AvgIpc) is 3.37. The normalized spacial score (nSPS) is 9.74. The Kier molecular flexibility index (Phi) is 4.72. The maximum atomic E-state index is 5.01. The fourth-order valence-corrected chi connectivity index (χ4v) is 1.74. The molecule has 0 amide bonds. The van der Waals surface area contributed by atoms with Crippen molar-refractivity contribution in [3.8, 4) is 0 Å². The monoisotopic (exact) mass is 308 g/mol. The molecular weight excluding hydrogens is 296 g/mol. The van der Waals surface area contributed by atoms with Gasteiger partial charge in [-0.25, -0.2) is 9.97 Å². The van der Waals surface area contributed by atoms with Gasteiger partial charge in [0.1, 0.15) is 17.3 Å². The van der Waals surface area contributed by atoms with E-state index in [-0.39, 0.29) is 0 Å². The molecule has 7 nitrogen and oxygen atoms in total. The highest BCUT2D eigenvalue weighted by Crippen LogP contribution is 2.09. The molecule has 0 N–H and O–H groups in total. The Balaban J connectivity index is 0.000000107. The lowest BCUT2D eigenvalue weighted by molar-refractivity contribution is 0.393. The van der Waals surface area contributed by atoms with Crippen molar-refractivity contribution < 1.29 is 13.4 Å². The lowest BCUT2D eigenvalue weighted by Crippen LogP contribution is -1.61. The summed E-state index contributed by atoms with van der Waals surface area (Å²) in [5.74, 6) is 0. The van der Waals surface area contributed by atoms with E-state index in [1.807, 2.05) is 48.5 Å². The quantitative estimate of drug-likeness (QED) is 0.430. The van der Waals surface area contributed by atoms with E-state index in [1.54, 1.807) is 0 Å². The number of hydrogen-bond acceptors (Lipinski definition) is 7. The molecule has 0 aliphatic carbocycles. The second-order valence-electron chi connectivity index (χ2n) is 4.23. The molecular formula is C16H12N4O3. The van der Waals surface area contributed by atoms with Crippen molar-refractivity contribution in [1.82, 2.24) is 20.3 Å². The molecule has 3 heterocycles. The maximum absolute atomic E-state index is 5.01. The highest BCUT2D eigenvalue weighted by atomic mass is 16.5. The minimum atomic E-state index is 0.845. The van der Waals surface area contributed by atoms with Gasteiger partial charge in [0.2, 0.25) is 0 Å². The molecule has 0 aliphatic rings. The Bertz CT molecular complexity index is 800. The van der Waals surface area contributed by atoms with E-state index in [2.05, 4.69) is 24.9 Å². The van der Waals surface area contributed by atoms with Crippen molar-refractivity contribution in [2.75, 3.05) is 0 Å². The Labute approximate surface area is 130 Å². The molecule has 7 heteroatoms. The smallest absolute Gasteiger partial charge is 0.181 e. The minimum Gasteiger partial charge on any atom is -0.443 e. The van der Waals surface area contributed by atoms with Crippen molar-refractivity contribution in [2.24, 2.45) is 0 Å². The number of fused-ring (bicyclic) bond motifs is 2. The molecule has 0 aliphatic heterocycles. The van der Waals surface area contributed by atoms with Gasteiger partial charge in [-0.3, -0.25) is 0 Å². The molecule has 23 heavy (non-hydrogen) atoms. The van der Waals surface area contributed by atoms with Gasteiger partial charge in [-0.05, 0) is 24.3 Å². The van der Waals surface area contributed by atoms with Crippen LogP contribution in [0.25, 0.3) is 22.2 Å². The number of oxazole rings is 2. The van der Waals surface area contributed by atoms with Crippen molar-refractivity contribution in [3.05, 3.63) is 73.8 Å². The molecule has 5 rings (SSSR count). The second kappa shape index (κ2) is 7.51. The number of aromatic nitrogens is 4. The molecule has 2 aromatic carbocycles. The second-order valence-corrected chi connectivity index (χ2v) is 4.23. The van der Waals surface area contributed by atoms with Gasteiger partial charge >= 0.3 is 0 Å². The fourth-order valence-electron chi connectivity index (χ4n) is 1.74.